The Labute approximate surface area is 115 Å². The van der Waals surface area contributed by atoms with E-state index in [4.69, 9.17) is 4.74 Å². The average Bonchev–Trinajstić information content (AvgIpc) is 2.37. The summed E-state index contributed by atoms with van der Waals surface area (Å²) in [5, 5.41) is 2.14. The summed E-state index contributed by atoms with van der Waals surface area (Å²) in [6, 6.07) is 1.06. The summed E-state index contributed by atoms with van der Waals surface area (Å²) in [6.45, 7) is 1.18. The standard InChI is InChI=1S/C11H14F2N2O4S/c1-3-20(17,18)9-4-8(19-6-11(2,12)13)5-14-10(9)15-7-16/h4-5,7H,3,6H2,1-2H3,(H,14,15,16). The molecule has 1 rings (SSSR count). The van der Waals surface area contributed by atoms with Crippen LogP contribution in [-0.2, 0) is 14.6 Å². The Hall–Kier alpha value is -1.77. The lowest BCUT2D eigenvalue weighted by Crippen LogP contribution is -2.21. The van der Waals surface area contributed by atoms with E-state index >= 15 is 0 Å². The third-order valence-electron chi connectivity index (χ3n) is 2.23. The van der Waals surface area contributed by atoms with Gasteiger partial charge in [-0.1, -0.05) is 6.92 Å². The topological polar surface area (TPSA) is 85.4 Å². The molecule has 0 saturated carbocycles. The molecule has 0 saturated heterocycles. The van der Waals surface area contributed by atoms with Gasteiger partial charge in [0.05, 0.1) is 11.9 Å². The number of hydrogen-bond acceptors (Lipinski definition) is 5. The molecular formula is C11H14F2N2O4S. The van der Waals surface area contributed by atoms with E-state index in [0.717, 1.165) is 12.3 Å². The van der Waals surface area contributed by atoms with Crippen molar-refractivity contribution in [2.45, 2.75) is 24.7 Å². The Morgan fingerprint density at radius 2 is 2.15 bits per heavy atom. The van der Waals surface area contributed by atoms with Crippen LogP contribution in [0, 0.1) is 0 Å². The Kier molecular flexibility index (Phi) is 4.98. The fourth-order valence-corrected chi connectivity index (χ4v) is 2.29. The maximum absolute atomic E-state index is 12.7. The first-order valence-corrected chi connectivity index (χ1v) is 7.28. The molecule has 0 fully saturated rings. The summed E-state index contributed by atoms with van der Waals surface area (Å²) in [5.41, 5.74) is 0. The molecule has 1 aromatic rings. The van der Waals surface area contributed by atoms with Crippen molar-refractivity contribution in [3.63, 3.8) is 0 Å². The Balaban J connectivity index is 3.14. The molecule has 9 heteroatoms. The highest BCUT2D eigenvalue weighted by molar-refractivity contribution is 7.91. The molecule has 112 valence electrons. The van der Waals surface area contributed by atoms with E-state index in [2.05, 4.69) is 10.3 Å². The summed E-state index contributed by atoms with van der Waals surface area (Å²) in [7, 11) is -3.68. The van der Waals surface area contributed by atoms with Crippen LogP contribution in [0.2, 0.25) is 0 Å². The number of carbonyl (C=O) groups is 1. The number of rotatable bonds is 7. The number of anilines is 1. The third kappa shape index (κ3) is 4.41. The van der Waals surface area contributed by atoms with Crippen molar-refractivity contribution in [1.29, 1.82) is 0 Å². The molecule has 0 aliphatic rings. The van der Waals surface area contributed by atoms with Crippen LogP contribution in [0.1, 0.15) is 13.8 Å². The highest BCUT2D eigenvalue weighted by atomic mass is 32.2. The Morgan fingerprint density at radius 3 is 2.65 bits per heavy atom. The zero-order valence-electron chi connectivity index (χ0n) is 10.9. The number of pyridine rings is 1. The second kappa shape index (κ2) is 6.12. The Morgan fingerprint density at radius 1 is 1.50 bits per heavy atom. The number of sulfone groups is 1. The quantitative estimate of drug-likeness (QED) is 0.771. The predicted octanol–water partition coefficient (Wildman–Crippen LogP) is 1.48. The number of ether oxygens (including phenoxy) is 1. The van der Waals surface area contributed by atoms with E-state index in [9.17, 15) is 22.0 Å². The van der Waals surface area contributed by atoms with Gasteiger partial charge in [-0.3, -0.25) is 4.79 Å². The monoisotopic (exact) mass is 308 g/mol. The summed E-state index contributed by atoms with van der Waals surface area (Å²) in [4.78, 5) is 13.8. The molecule has 0 unspecified atom stereocenters. The maximum Gasteiger partial charge on any atom is 0.278 e. The molecule has 0 radical (unpaired) electrons. The zero-order chi connectivity index (χ0) is 15.4. The average molecular weight is 308 g/mol. The van der Waals surface area contributed by atoms with Gasteiger partial charge in [0, 0.05) is 13.0 Å². The smallest absolute Gasteiger partial charge is 0.278 e. The number of nitrogens with zero attached hydrogens (tertiary/aromatic N) is 1. The highest BCUT2D eigenvalue weighted by Gasteiger charge is 2.24. The van der Waals surface area contributed by atoms with Crippen molar-refractivity contribution in [2.24, 2.45) is 0 Å². The van der Waals surface area contributed by atoms with Gasteiger partial charge in [0.25, 0.3) is 5.92 Å². The van der Waals surface area contributed by atoms with Gasteiger partial charge in [-0.05, 0) is 0 Å². The van der Waals surface area contributed by atoms with Gasteiger partial charge in [-0.2, -0.15) is 0 Å². The first-order chi connectivity index (χ1) is 9.19. The van der Waals surface area contributed by atoms with Crippen LogP contribution >= 0.6 is 0 Å². The SMILES string of the molecule is CCS(=O)(=O)c1cc(OCC(C)(F)F)cnc1NC=O. The summed E-state index contributed by atoms with van der Waals surface area (Å²) < 4.78 is 53.9. The van der Waals surface area contributed by atoms with E-state index in [1.54, 1.807) is 0 Å². The fourth-order valence-electron chi connectivity index (χ4n) is 1.27. The van der Waals surface area contributed by atoms with Gasteiger partial charge < -0.3 is 10.1 Å². The van der Waals surface area contributed by atoms with Crippen molar-refractivity contribution < 1.29 is 26.7 Å². The number of nitrogens with one attached hydrogen (secondary N) is 1. The molecule has 6 nitrogen and oxygen atoms in total. The molecule has 1 aromatic heterocycles. The lowest BCUT2D eigenvalue weighted by atomic mass is 10.4. The molecule has 0 bridgehead atoms. The number of carbonyl (C=O) groups excluding carboxylic acids is 1. The van der Waals surface area contributed by atoms with Crippen LogP contribution in [0.4, 0.5) is 14.6 Å². The lowest BCUT2D eigenvalue weighted by Gasteiger charge is -2.13. The molecule has 0 aliphatic heterocycles. The van der Waals surface area contributed by atoms with Crippen LogP contribution < -0.4 is 10.1 Å². The molecule has 1 N–H and O–H groups in total. The molecule has 0 aliphatic carbocycles. The van der Waals surface area contributed by atoms with Gasteiger partial charge in [0.15, 0.2) is 22.3 Å². The van der Waals surface area contributed by atoms with Gasteiger partial charge in [-0.15, -0.1) is 0 Å². The van der Waals surface area contributed by atoms with Gasteiger partial charge >= 0.3 is 0 Å². The fraction of sp³-hybridized carbons (Fsp3) is 0.455. The van der Waals surface area contributed by atoms with Crippen LogP contribution in [-0.4, -0.2) is 38.1 Å². The first-order valence-electron chi connectivity index (χ1n) is 5.63. The van der Waals surface area contributed by atoms with E-state index in [0.29, 0.717) is 6.92 Å². The van der Waals surface area contributed by atoms with Gasteiger partial charge in [0.1, 0.15) is 10.6 Å². The van der Waals surface area contributed by atoms with E-state index in [-0.39, 0.29) is 28.6 Å². The van der Waals surface area contributed by atoms with Gasteiger partial charge in [0.2, 0.25) is 6.41 Å². The third-order valence-corrected chi connectivity index (χ3v) is 3.97. The normalized spacial score (nSPS) is 12.0. The van der Waals surface area contributed by atoms with Crippen LogP contribution in [0.15, 0.2) is 17.2 Å². The van der Waals surface area contributed by atoms with Crippen molar-refractivity contribution in [2.75, 3.05) is 17.7 Å². The van der Waals surface area contributed by atoms with Crippen molar-refractivity contribution in [3.8, 4) is 5.75 Å². The number of alkyl halides is 2. The molecule has 0 spiro atoms. The van der Waals surface area contributed by atoms with Crippen LogP contribution in [0.25, 0.3) is 0 Å². The molecular weight excluding hydrogens is 294 g/mol. The zero-order valence-corrected chi connectivity index (χ0v) is 11.7. The number of aromatic nitrogens is 1. The van der Waals surface area contributed by atoms with E-state index in [1.807, 2.05) is 0 Å². The van der Waals surface area contributed by atoms with E-state index in [1.165, 1.54) is 6.92 Å². The van der Waals surface area contributed by atoms with Gasteiger partial charge in [-0.25, -0.2) is 22.2 Å². The molecule has 1 amide bonds. The minimum absolute atomic E-state index is 0.116. The first kappa shape index (κ1) is 16.3. The minimum Gasteiger partial charge on any atom is -0.486 e. The highest BCUT2D eigenvalue weighted by Crippen LogP contribution is 2.25. The van der Waals surface area contributed by atoms with E-state index < -0.39 is 22.4 Å². The second-order valence-electron chi connectivity index (χ2n) is 4.04. The number of hydrogen-bond donors (Lipinski definition) is 1. The van der Waals surface area contributed by atoms with Crippen LogP contribution in [0.5, 0.6) is 5.75 Å². The number of amides is 1. The maximum atomic E-state index is 12.7. The lowest BCUT2D eigenvalue weighted by molar-refractivity contribution is -0.105. The molecule has 0 atom stereocenters. The van der Waals surface area contributed by atoms with Crippen molar-refractivity contribution in [3.05, 3.63) is 12.3 Å². The molecule has 20 heavy (non-hydrogen) atoms. The minimum atomic E-state index is -3.68. The predicted molar refractivity (Wildman–Crippen MR) is 67.8 cm³/mol. The molecule has 0 aromatic carbocycles. The summed E-state index contributed by atoms with van der Waals surface area (Å²) >= 11 is 0. The van der Waals surface area contributed by atoms with Crippen molar-refractivity contribution >= 4 is 22.1 Å². The number of halogens is 2. The summed E-state index contributed by atoms with van der Waals surface area (Å²) in [6.07, 6.45) is 1.34. The second-order valence-corrected chi connectivity index (χ2v) is 6.29. The Bertz CT molecular complexity index is 585. The van der Waals surface area contributed by atoms with Crippen molar-refractivity contribution in [1.82, 2.24) is 4.98 Å². The largest absolute Gasteiger partial charge is 0.486 e. The summed E-state index contributed by atoms with van der Waals surface area (Å²) in [5.74, 6) is -3.56. The van der Waals surface area contributed by atoms with Crippen LogP contribution in [0.3, 0.4) is 0 Å². The molecule has 1 heterocycles.